The second kappa shape index (κ2) is 7.24. The van der Waals surface area contributed by atoms with Crippen LogP contribution in [0.5, 0.6) is 5.75 Å². The van der Waals surface area contributed by atoms with E-state index in [9.17, 15) is 4.79 Å². The summed E-state index contributed by atoms with van der Waals surface area (Å²) in [5.74, 6) is 0.267. The van der Waals surface area contributed by atoms with Crippen molar-refractivity contribution in [2.24, 2.45) is 0 Å². The van der Waals surface area contributed by atoms with Gasteiger partial charge in [-0.1, -0.05) is 31.2 Å². The highest BCUT2D eigenvalue weighted by Gasteiger charge is 2.08. The van der Waals surface area contributed by atoms with Crippen molar-refractivity contribution < 1.29 is 14.3 Å². The minimum Gasteiger partial charge on any atom is -0.482 e. The Hall–Kier alpha value is -2.40. The number of esters is 1. The summed E-state index contributed by atoms with van der Waals surface area (Å²) in [6.07, 6.45) is 0.977. The van der Waals surface area contributed by atoms with Crippen LogP contribution in [0.1, 0.15) is 17.5 Å². The molecule has 0 aliphatic heterocycles. The van der Waals surface area contributed by atoms with Crippen molar-refractivity contribution >= 4 is 27.5 Å². The van der Waals surface area contributed by atoms with E-state index >= 15 is 0 Å². The minimum atomic E-state index is -0.399. The molecular formula is C18H17NO3S. The third kappa shape index (κ3) is 4.07. The molecule has 0 aliphatic carbocycles. The highest BCUT2D eigenvalue weighted by atomic mass is 32.1. The molecule has 0 spiro atoms. The highest BCUT2D eigenvalue weighted by Crippen LogP contribution is 2.22. The molecule has 4 nitrogen and oxygen atoms in total. The second-order valence-corrected chi connectivity index (χ2v) is 6.14. The number of rotatable bonds is 6. The van der Waals surface area contributed by atoms with Crippen LogP contribution in [0.4, 0.5) is 0 Å². The lowest BCUT2D eigenvalue weighted by Crippen LogP contribution is -2.14. The van der Waals surface area contributed by atoms with Gasteiger partial charge in [0.2, 0.25) is 0 Å². The first-order valence-electron chi connectivity index (χ1n) is 7.46. The Balaban J connectivity index is 1.49. The zero-order valence-corrected chi connectivity index (χ0v) is 13.6. The second-order valence-electron chi connectivity index (χ2n) is 5.02. The molecule has 0 bridgehead atoms. The van der Waals surface area contributed by atoms with Crippen molar-refractivity contribution in [1.82, 2.24) is 4.98 Å². The number of para-hydroxylation sites is 1. The largest absolute Gasteiger partial charge is 0.482 e. The molecule has 0 radical (unpaired) electrons. The number of carbonyl (C=O) groups is 1. The molecule has 0 N–H and O–H groups in total. The average Bonchev–Trinajstić information content (AvgIpc) is 3.01. The van der Waals surface area contributed by atoms with Gasteiger partial charge >= 0.3 is 5.97 Å². The number of carbonyl (C=O) groups excluding carboxylic acids is 1. The smallest absolute Gasteiger partial charge is 0.344 e. The quantitative estimate of drug-likeness (QED) is 0.643. The molecule has 0 atom stereocenters. The van der Waals surface area contributed by atoms with Gasteiger partial charge in [0.1, 0.15) is 17.4 Å². The molecule has 3 aromatic rings. The Labute approximate surface area is 138 Å². The zero-order chi connectivity index (χ0) is 16.1. The van der Waals surface area contributed by atoms with Gasteiger partial charge in [0, 0.05) is 0 Å². The predicted octanol–water partition coefficient (Wildman–Crippen LogP) is 3.98. The summed E-state index contributed by atoms with van der Waals surface area (Å²) in [5.41, 5.74) is 2.16. The maximum absolute atomic E-state index is 11.8. The van der Waals surface area contributed by atoms with Crippen LogP contribution >= 0.6 is 11.3 Å². The predicted molar refractivity (Wildman–Crippen MR) is 90.7 cm³/mol. The number of hydrogen-bond acceptors (Lipinski definition) is 5. The van der Waals surface area contributed by atoms with Crippen LogP contribution in [0.2, 0.25) is 0 Å². The Morgan fingerprint density at radius 3 is 2.65 bits per heavy atom. The van der Waals surface area contributed by atoms with E-state index < -0.39 is 5.97 Å². The molecular weight excluding hydrogens is 310 g/mol. The Bertz CT molecular complexity index is 762. The molecule has 23 heavy (non-hydrogen) atoms. The molecule has 5 heteroatoms. The van der Waals surface area contributed by atoms with Crippen LogP contribution < -0.4 is 4.74 Å². The first-order chi connectivity index (χ1) is 11.2. The van der Waals surface area contributed by atoms with Crippen LogP contribution in [-0.2, 0) is 22.6 Å². The van der Waals surface area contributed by atoms with E-state index in [0.717, 1.165) is 21.6 Å². The van der Waals surface area contributed by atoms with E-state index in [1.165, 1.54) is 16.9 Å². The number of ether oxygens (including phenoxy) is 2. The van der Waals surface area contributed by atoms with Crippen LogP contribution in [0, 0.1) is 0 Å². The standard InChI is InChI=1S/C18H17NO3S/c1-2-13-7-9-14(10-8-13)21-12-18(20)22-11-17-19-15-5-3-4-6-16(15)23-17/h3-10H,2,11-12H2,1H3. The SMILES string of the molecule is CCc1ccc(OCC(=O)OCc2nc3ccccc3s2)cc1. The van der Waals surface area contributed by atoms with E-state index in [0.29, 0.717) is 5.75 Å². The van der Waals surface area contributed by atoms with Gasteiger partial charge in [-0.3, -0.25) is 0 Å². The summed E-state index contributed by atoms with van der Waals surface area (Å²) in [4.78, 5) is 16.2. The van der Waals surface area contributed by atoms with Crippen molar-refractivity contribution in [2.75, 3.05) is 6.61 Å². The van der Waals surface area contributed by atoms with E-state index in [4.69, 9.17) is 9.47 Å². The van der Waals surface area contributed by atoms with Crippen molar-refractivity contribution in [3.8, 4) is 5.75 Å². The first-order valence-corrected chi connectivity index (χ1v) is 8.28. The van der Waals surface area contributed by atoms with E-state index in [1.807, 2.05) is 48.5 Å². The Morgan fingerprint density at radius 2 is 1.91 bits per heavy atom. The molecule has 0 aliphatic rings. The molecule has 0 saturated carbocycles. The highest BCUT2D eigenvalue weighted by molar-refractivity contribution is 7.18. The summed E-state index contributed by atoms with van der Waals surface area (Å²) < 4.78 is 11.7. The lowest BCUT2D eigenvalue weighted by Gasteiger charge is -2.06. The summed E-state index contributed by atoms with van der Waals surface area (Å²) in [7, 11) is 0. The van der Waals surface area contributed by atoms with Gasteiger partial charge in [-0.05, 0) is 36.2 Å². The number of thiazole rings is 1. The van der Waals surface area contributed by atoms with Crippen LogP contribution in [0.3, 0.4) is 0 Å². The van der Waals surface area contributed by atoms with Gasteiger partial charge < -0.3 is 9.47 Å². The molecule has 2 aromatic carbocycles. The average molecular weight is 327 g/mol. The molecule has 0 unspecified atom stereocenters. The van der Waals surface area contributed by atoms with Gasteiger partial charge in [-0.25, -0.2) is 9.78 Å². The lowest BCUT2D eigenvalue weighted by molar-refractivity contribution is -0.147. The lowest BCUT2D eigenvalue weighted by atomic mass is 10.2. The number of fused-ring (bicyclic) bond motifs is 1. The van der Waals surface area contributed by atoms with E-state index in [2.05, 4.69) is 11.9 Å². The van der Waals surface area contributed by atoms with Crippen LogP contribution in [-0.4, -0.2) is 17.6 Å². The van der Waals surface area contributed by atoms with E-state index in [-0.39, 0.29) is 13.2 Å². The van der Waals surface area contributed by atoms with Crippen LogP contribution in [0.15, 0.2) is 48.5 Å². The van der Waals surface area contributed by atoms with Crippen molar-refractivity contribution in [1.29, 1.82) is 0 Å². The number of benzene rings is 2. The number of hydrogen-bond donors (Lipinski definition) is 0. The molecule has 1 aromatic heterocycles. The van der Waals surface area contributed by atoms with Gasteiger partial charge in [0.05, 0.1) is 10.2 Å². The van der Waals surface area contributed by atoms with Crippen LogP contribution in [0.25, 0.3) is 10.2 Å². The third-order valence-corrected chi connectivity index (χ3v) is 4.39. The van der Waals surface area contributed by atoms with E-state index in [1.54, 1.807) is 0 Å². The normalized spacial score (nSPS) is 10.7. The summed E-state index contributed by atoms with van der Waals surface area (Å²) >= 11 is 1.53. The van der Waals surface area contributed by atoms with Crippen molar-refractivity contribution in [3.63, 3.8) is 0 Å². The number of aryl methyl sites for hydroxylation is 1. The molecule has 118 valence electrons. The van der Waals surface area contributed by atoms with Gasteiger partial charge in [0.25, 0.3) is 0 Å². The fraction of sp³-hybridized carbons (Fsp3) is 0.222. The fourth-order valence-corrected chi connectivity index (χ4v) is 3.01. The summed E-state index contributed by atoms with van der Waals surface area (Å²) in [6.45, 7) is 2.17. The molecule has 3 rings (SSSR count). The molecule has 0 saturated heterocycles. The summed E-state index contributed by atoms with van der Waals surface area (Å²) in [6, 6.07) is 15.5. The topological polar surface area (TPSA) is 48.4 Å². The molecule has 0 fully saturated rings. The van der Waals surface area contributed by atoms with Crippen molar-refractivity contribution in [2.45, 2.75) is 20.0 Å². The zero-order valence-electron chi connectivity index (χ0n) is 12.8. The van der Waals surface area contributed by atoms with Crippen molar-refractivity contribution in [3.05, 3.63) is 59.1 Å². The summed E-state index contributed by atoms with van der Waals surface area (Å²) in [5, 5.41) is 0.784. The van der Waals surface area contributed by atoms with Gasteiger partial charge in [0.15, 0.2) is 6.61 Å². The first kappa shape index (κ1) is 15.5. The van der Waals surface area contributed by atoms with Gasteiger partial charge in [-0.15, -0.1) is 11.3 Å². The number of nitrogens with zero attached hydrogens (tertiary/aromatic N) is 1. The number of aromatic nitrogens is 1. The Morgan fingerprint density at radius 1 is 1.13 bits per heavy atom. The molecule has 1 heterocycles. The maximum Gasteiger partial charge on any atom is 0.344 e. The third-order valence-electron chi connectivity index (χ3n) is 3.38. The monoisotopic (exact) mass is 327 g/mol. The Kier molecular flexibility index (Phi) is 4.88. The fourth-order valence-electron chi connectivity index (χ4n) is 2.13. The van der Waals surface area contributed by atoms with Gasteiger partial charge in [-0.2, -0.15) is 0 Å². The maximum atomic E-state index is 11.8. The minimum absolute atomic E-state index is 0.101. The molecule has 0 amide bonds.